The lowest BCUT2D eigenvalue weighted by Gasteiger charge is -2.08. The number of carbonyl (C=O) groups excluding carboxylic acids is 1. The predicted octanol–water partition coefficient (Wildman–Crippen LogP) is 4.19. The van der Waals surface area contributed by atoms with Crippen molar-refractivity contribution in [2.24, 2.45) is 0 Å². The summed E-state index contributed by atoms with van der Waals surface area (Å²) in [7, 11) is 0. The van der Waals surface area contributed by atoms with Crippen LogP contribution in [0.15, 0.2) is 65.4 Å². The third-order valence-electron chi connectivity index (χ3n) is 3.18. The second-order valence-corrected chi connectivity index (χ2v) is 5.24. The summed E-state index contributed by atoms with van der Waals surface area (Å²) in [6.07, 6.45) is 3.12. The first kappa shape index (κ1) is 15.1. The third-order valence-corrected chi connectivity index (χ3v) is 3.39. The molecule has 0 fully saturated rings. The van der Waals surface area contributed by atoms with E-state index in [9.17, 15) is 4.79 Å². The molecule has 0 saturated carbocycles. The minimum atomic E-state index is -0.271. The van der Waals surface area contributed by atoms with E-state index < -0.39 is 0 Å². The van der Waals surface area contributed by atoms with Crippen LogP contribution in [0.25, 0.3) is 0 Å². The van der Waals surface area contributed by atoms with Crippen LogP contribution in [0.1, 0.15) is 16.1 Å². The van der Waals surface area contributed by atoms with E-state index in [0.717, 1.165) is 11.3 Å². The van der Waals surface area contributed by atoms with Gasteiger partial charge in [-0.15, -0.1) is 0 Å². The van der Waals surface area contributed by atoms with Crippen molar-refractivity contribution in [3.63, 3.8) is 0 Å². The van der Waals surface area contributed by atoms with Crippen LogP contribution in [-0.2, 0) is 6.54 Å². The Morgan fingerprint density at radius 1 is 1.13 bits per heavy atom. The maximum absolute atomic E-state index is 11.9. The average molecular weight is 328 g/mol. The van der Waals surface area contributed by atoms with E-state index in [-0.39, 0.29) is 11.7 Å². The molecule has 0 aliphatic carbocycles. The fourth-order valence-electron chi connectivity index (χ4n) is 2.02. The Morgan fingerprint density at radius 3 is 2.65 bits per heavy atom. The van der Waals surface area contributed by atoms with E-state index in [1.54, 1.807) is 24.4 Å². The number of anilines is 2. The molecule has 0 unspecified atom stereocenters. The molecule has 6 heteroatoms. The SMILES string of the molecule is O=C(Nc1ccc(CNc2ccnc(Cl)c2)cc1)c1ccco1. The van der Waals surface area contributed by atoms with E-state index >= 15 is 0 Å². The quantitative estimate of drug-likeness (QED) is 0.689. The second-order valence-electron chi connectivity index (χ2n) is 4.85. The van der Waals surface area contributed by atoms with Gasteiger partial charge in [0.1, 0.15) is 5.15 Å². The maximum atomic E-state index is 11.9. The van der Waals surface area contributed by atoms with Gasteiger partial charge in [-0.05, 0) is 42.0 Å². The zero-order chi connectivity index (χ0) is 16.1. The number of nitrogens with zero attached hydrogens (tertiary/aromatic N) is 1. The molecule has 0 radical (unpaired) electrons. The van der Waals surface area contributed by atoms with Crippen molar-refractivity contribution in [2.75, 3.05) is 10.6 Å². The first-order valence-electron chi connectivity index (χ1n) is 7.00. The number of hydrogen-bond acceptors (Lipinski definition) is 4. The lowest BCUT2D eigenvalue weighted by Crippen LogP contribution is -2.10. The number of benzene rings is 1. The zero-order valence-electron chi connectivity index (χ0n) is 12.1. The zero-order valence-corrected chi connectivity index (χ0v) is 12.9. The number of carbonyl (C=O) groups is 1. The van der Waals surface area contributed by atoms with Gasteiger partial charge in [-0.2, -0.15) is 0 Å². The van der Waals surface area contributed by atoms with Crippen LogP contribution in [0.4, 0.5) is 11.4 Å². The summed E-state index contributed by atoms with van der Waals surface area (Å²) >= 11 is 5.84. The Morgan fingerprint density at radius 2 is 1.96 bits per heavy atom. The Balaban J connectivity index is 1.58. The average Bonchev–Trinajstić information content (AvgIpc) is 3.09. The number of furan rings is 1. The van der Waals surface area contributed by atoms with E-state index in [1.807, 2.05) is 30.3 Å². The van der Waals surface area contributed by atoms with Gasteiger partial charge < -0.3 is 15.1 Å². The number of amides is 1. The molecule has 2 aromatic heterocycles. The Bertz CT molecular complexity index is 786. The first-order valence-corrected chi connectivity index (χ1v) is 7.38. The second kappa shape index (κ2) is 6.98. The summed E-state index contributed by atoms with van der Waals surface area (Å²) < 4.78 is 5.05. The molecule has 1 amide bonds. The van der Waals surface area contributed by atoms with Crippen molar-refractivity contribution in [1.29, 1.82) is 0 Å². The van der Waals surface area contributed by atoms with Crippen molar-refractivity contribution in [3.8, 4) is 0 Å². The topological polar surface area (TPSA) is 67.2 Å². The molecule has 0 aliphatic rings. The highest BCUT2D eigenvalue weighted by Crippen LogP contribution is 2.15. The highest BCUT2D eigenvalue weighted by atomic mass is 35.5. The van der Waals surface area contributed by atoms with Crippen LogP contribution >= 0.6 is 11.6 Å². The van der Waals surface area contributed by atoms with E-state index in [4.69, 9.17) is 16.0 Å². The van der Waals surface area contributed by atoms with Gasteiger partial charge in [0.25, 0.3) is 5.91 Å². The van der Waals surface area contributed by atoms with Gasteiger partial charge in [0.2, 0.25) is 0 Å². The van der Waals surface area contributed by atoms with Gasteiger partial charge in [-0.25, -0.2) is 4.98 Å². The fraction of sp³-hybridized carbons (Fsp3) is 0.0588. The normalized spacial score (nSPS) is 10.3. The Labute approximate surface area is 138 Å². The van der Waals surface area contributed by atoms with Gasteiger partial charge in [0.15, 0.2) is 5.76 Å². The molecule has 116 valence electrons. The van der Waals surface area contributed by atoms with Crippen molar-refractivity contribution >= 4 is 28.9 Å². The molecule has 2 heterocycles. The van der Waals surface area contributed by atoms with Crippen LogP contribution in [-0.4, -0.2) is 10.9 Å². The van der Waals surface area contributed by atoms with Crippen LogP contribution in [0.3, 0.4) is 0 Å². The lowest BCUT2D eigenvalue weighted by molar-refractivity contribution is 0.0996. The predicted molar refractivity (Wildman–Crippen MR) is 89.7 cm³/mol. The first-order chi connectivity index (χ1) is 11.2. The molecule has 0 bridgehead atoms. The third kappa shape index (κ3) is 4.11. The summed E-state index contributed by atoms with van der Waals surface area (Å²) in [6, 6.07) is 14.5. The molecule has 0 spiro atoms. The largest absolute Gasteiger partial charge is 0.459 e. The molecule has 0 aliphatic heterocycles. The van der Waals surface area contributed by atoms with Crippen LogP contribution in [0.2, 0.25) is 5.15 Å². The molecule has 3 rings (SSSR count). The monoisotopic (exact) mass is 327 g/mol. The van der Waals surface area contributed by atoms with Gasteiger partial charge in [0.05, 0.1) is 6.26 Å². The Hall–Kier alpha value is -2.79. The molecule has 5 nitrogen and oxygen atoms in total. The summed E-state index contributed by atoms with van der Waals surface area (Å²) in [5.41, 5.74) is 2.69. The highest BCUT2D eigenvalue weighted by Gasteiger charge is 2.08. The van der Waals surface area contributed by atoms with Crippen molar-refractivity contribution < 1.29 is 9.21 Å². The van der Waals surface area contributed by atoms with Crippen LogP contribution < -0.4 is 10.6 Å². The Kier molecular flexibility index (Phi) is 4.59. The molecule has 0 atom stereocenters. The van der Waals surface area contributed by atoms with Gasteiger partial charge in [-0.1, -0.05) is 23.7 Å². The summed E-state index contributed by atoms with van der Waals surface area (Å²) in [5, 5.41) is 6.48. The molecular formula is C17H14ClN3O2. The molecule has 0 saturated heterocycles. The van der Waals surface area contributed by atoms with E-state index in [2.05, 4.69) is 15.6 Å². The lowest BCUT2D eigenvalue weighted by atomic mass is 10.2. The highest BCUT2D eigenvalue weighted by molar-refractivity contribution is 6.29. The molecular weight excluding hydrogens is 314 g/mol. The van der Waals surface area contributed by atoms with Gasteiger partial charge >= 0.3 is 0 Å². The number of hydrogen-bond donors (Lipinski definition) is 2. The molecule has 23 heavy (non-hydrogen) atoms. The van der Waals surface area contributed by atoms with Crippen molar-refractivity contribution in [2.45, 2.75) is 6.54 Å². The standard InChI is InChI=1S/C17H14ClN3O2/c18-16-10-14(7-8-19-16)20-11-12-3-5-13(6-4-12)21-17(22)15-2-1-9-23-15/h1-10H,11H2,(H,19,20)(H,21,22). The molecule has 2 N–H and O–H groups in total. The summed E-state index contributed by atoms with van der Waals surface area (Å²) in [6.45, 7) is 0.646. The fourth-order valence-corrected chi connectivity index (χ4v) is 2.20. The van der Waals surface area contributed by atoms with Crippen LogP contribution in [0, 0.1) is 0 Å². The van der Waals surface area contributed by atoms with E-state index in [1.165, 1.54) is 6.26 Å². The smallest absolute Gasteiger partial charge is 0.291 e. The van der Waals surface area contributed by atoms with Gasteiger partial charge in [-0.3, -0.25) is 4.79 Å². The molecule has 1 aromatic carbocycles. The minimum absolute atomic E-state index is 0.271. The molecule has 3 aromatic rings. The number of aromatic nitrogens is 1. The van der Waals surface area contributed by atoms with Gasteiger partial charge in [0, 0.05) is 24.1 Å². The number of rotatable bonds is 5. The maximum Gasteiger partial charge on any atom is 0.291 e. The van der Waals surface area contributed by atoms with Crippen molar-refractivity contribution in [3.05, 3.63) is 77.5 Å². The van der Waals surface area contributed by atoms with E-state index in [0.29, 0.717) is 17.4 Å². The summed E-state index contributed by atoms with van der Waals surface area (Å²) in [4.78, 5) is 15.8. The van der Waals surface area contributed by atoms with Crippen LogP contribution in [0.5, 0.6) is 0 Å². The summed E-state index contributed by atoms with van der Waals surface area (Å²) in [5.74, 6) is 0.0117. The number of pyridine rings is 1. The minimum Gasteiger partial charge on any atom is -0.459 e. The number of nitrogens with one attached hydrogen (secondary N) is 2. The number of halogens is 1. The van der Waals surface area contributed by atoms with Crippen molar-refractivity contribution in [1.82, 2.24) is 4.98 Å².